The van der Waals surface area contributed by atoms with Gasteiger partial charge in [0.25, 0.3) is 0 Å². The van der Waals surface area contributed by atoms with Crippen molar-refractivity contribution in [3.63, 3.8) is 0 Å². The van der Waals surface area contributed by atoms with Crippen LogP contribution in [0.2, 0.25) is 0 Å². The van der Waals surface area contributed by atoms with Crippen LogP contribution >= 0.6 is 0 Å². The van der Waals surface area contributed by atoms with Gasteiger partial charge in [-0.3, -0.25) is 0 Å². The lowest BCUT2D eigenvalue weighted by atomic mass is 10.2. The lowest BCUT2D eigenvalue weighted by Gasteiger charge is -2.13. The molecule has 2 aromatic rings. The van der Waals surface area contributed by atoms with Gasteiger partial charge in [-0.05, 0) is 55.0 Å². The molecular weight excluding hydrogens is 327 g/mol. The van der Waals surface area contributed by atoms with Crippen molar-refractivity contribution in [2.24, 2.45) is 0 Å². The van der Waals surface area contributed by atoms with Crippen LogP contribution in [0.15, 0.2) is 48.5 Å². The molecule has 0 atom stereocenters. The standard InChI is InChI=1S/C19H19FO5/c1-2-23-18-13-14(4-10-19(21)22)3-9-17(18)25-12-11-24-16-7-5-15(20)6-8-16/h3-10,13H,2,11-12H2,1H3,(H,21,22)/b10-4+. The number of hydrogen-bond donors (Lipinski definition) is 1. The van der Waals surface area contributed by atoms with Gasteiger partial charge in [-0.15, -0.1) is 0 Å². The second-order valence-corrected chi connectivity index (χ2v) is 4.96. The summed E-state index contributed by atoms with van der Waals surface area (Å²) >= 11 is 0. The number of ether oxygens (including phenoxy) is 3. The molecule has 0 heterocycles. The van der Waals surface area contributed by atoms with E-state index in [0.717, 1.165) is 6.08 Å². The Labute approximate surface area is 145 Å². The van der Waals surface area contributed by atoms with Crippen LogP contribution in [0.3, 0.4) is 0 Å². The molecule has 0 fully saturated rings. The molecule has 0 bridgehead atoms. The first-order chi connectivity index (χ1) is 12.1. The Morgan fingerprint density at radius 2 is 1.76 bits per heavy atom. The highest BCUT2D eigenvalue weighted by Crippen LogP contribution is 2.29. The quantitative estimate of drug-likeness (QED) is 0.553. The number of benzene rings is 2. The fourth-order valence-corrected chi connectivity index (χ4v) is 2.03. The molecule has 0 spiro atoms. The van der Waals surface area contributed by atoms with Crippen molar-refractivity contribution in [1.29, 1.82) is 0 Å². The van der Waals surface area contributed by atoms with E-state index in [1.165, 1.54) is 18.2 Å². The molecule has 0 saturated heterocycles. The summed E-state index contributed by atoms with van der Waals surface area (Å²) < 4.78 is 29.5. The summed E-state index contributed by atoms with van der Waals surface area (Å²) in [6.45, 7) is 2.87. The van der Waals surface area contributed by atoms with E-state index < -0.39 is 5.97 Å². The molecule has 2 rings (SSSR count). The molecule has 5 nitrogen and oxygen atoms in total. The Balaban J connectivity index is 1.93. The van der Waals surface area contributed by atoms with Gasteiger partial charge in [0.05, 0.1) is 6.61 Å². The summed E-state index contributed by atoms with van der Waals surface area (Å²) in [4.78, 5) is 10.6. The van der Waals surface area contributed by atoms with Crippen LogP contribution < -0.4 is 14.2 Å². The van der Waals surface area contributed by atoms with E-state index in [1.54, 1.807) is 30.3 Å². The predicted octanol–water partition coefficient (Wildman–Crippen LogP) is 3.78. The second kappa shape index (κ2) is 9.32. The van der Waals surface area contributed by atoms with E-state index in [1.807, 2.05) is 6.92 Å². The molecule has 0 aliphatic carbocycles. The first-order valence-electron chi connectivity index (χ1n) is 7.77. The summed E-state index contributed by atoms with van der Waals surface area (Å²) in [6, 6.07) is 10.9. The van der Waals surface area contributed by atoms with Crippen molar-refractivity contribution in [1.82, 2.24) is 0 Å². The molecule has 0 radical (unpaired) electrons. The van der Waals surface area contributed by atoms with E-state index in [2.05, 4.69) is 0 Å². The van der Waals surface area contributed by atoms with E-state index in [4.69, 9.17) is 19.3 Å². The zero-order valence-corrected chi connectivity index (χ0v) is 13.8. The number of carbonyl (C=O) groups is 1. The monoisotopic (exact) mass is 346 g/mol. The largest absolute Gasteiger partial charge is 0.490 e. The molecule has 132 valence electrons. The summed E-state index contributed by atoms with van der Waals surface area (Å²) in [5.41, 5.74) is 0.695. The Hall–Kier alpha value is -3.02. The lowest BCUT2D eigenvalue weighted by Crippen LogP contribution is -2.10. The highest BCUT2D eigenvalue weighted by Gasteiger charge is 2.06. The minimum atomic E-state index is -1.02. The number of aliphatic carboxylic acids is 1. The number of carboxylic acid groups (broad SMARTS) is 1. The van der Waals surface area contributed by atoms with Gasteiger partial charge in [-0.2, -0.15) is 0 Å². The van der Waals surface area contributed by atoms with Crippen LogP contribution in [-0.4, -0.2) is 30.9 Å². The van der Waals surface area contributed by atoms with Crippen molar-refractivity contribution in [2.75, 3.05) is 19.8 Å². The van der Waals surface area contributed by atoms with E-state index in [9.17, 15) is 9.18 Å². The molecule has 0 unspecified atom stereocenters. The van der Waals surface area contributed by atoms with Crippen molar-refractivity contribution in [2.45, 2.75) is 6.92 Å². The Bertz CT molecular complexity index is 725. The molecule has 0 amide bonds. The lowest BCUT2D eigenvalue weighted by molar-refractivity contribution is -0.131. The third-order valence-electron chi connectivity index (χ3n) is 3.11. The number of carboxylic acids is 1. The van der Waals surface area contributed by atoms with Crippen LogP contribution in [0.4, 0.5) is 4.39 Å². The fraction of sp³-hybridized carbons (Fsp3) is 0.211. The van der Waals surface area contributed by atoms with Crippen molar-refractivity contribution in [3.8, 4) is 17.2 Å². The minimum Gasteiger partial charge on any atom is -0.490 e. The Morgan fingerprint density at radius 3 is 2.44 bits per heavy atom. The van der Waals surface area contributed by atoms with Gasteiger partial charge < -0.3 is 19.3 Å². The molecule has 0 saturated carbocycles. The summed E-state index contributed by atoms with van der Waals surface area (Å²) in [5, 5.41) is 8.68. The van der Waals surface area contributed by atoms with Crippen LogP contribution in [0.5, 0.6) is 17.2 Å². The van der Waals surface area contributed by atoms with Crippen LogP contribution in [0.1, 0.15) is 12.5 Å². The zero-order valence-electron chi connectivity index (χ0n) is 13.8. The molecule has 0 aliphatic heterocycles. The smallest absolute Gasteiger partial charge is 0.328 e. The first kappa shape index (κ1) is 18.3. The van der Waals surface area contributed by atoms with E-state index >= 15 is 0 Å². The minimum absolute atomic E-state index is 0.280. The third kappa shape index (κ3) is 6.18. The van der Waals surface area contributed by atoms with Crippen LogP contribution in [0.25, 0.3) is 6.08 Å². The number of halogens is 1. The zero-order chi connectivity index (χ0) is 18.1. The van der Waals surface area contributed by atoms with E-state index in [0.29, 0.717) is 29.4 Å². The summed E-state index contributed by atoms with van der Waals surface area (Å²) in [7, 11) is 0. The maximum Gasteiger partial charge on any atom is 0.328 e. The van der Waals surface area contributed by atoms with Crippen LogP contribution in [-0.2, 0) is 4.79 Å². The molecule has 2 aromatic carbocycles. The Kier molecular flexibility index (Phi) is 6.83. The molecular formula is C19H19FO5. The Morgan fingerprint density at radius 1 is 1.04 bits per heavy atom. The third-order valence-corrected chi connectivity index (χ3v) is 3.11. The number of rotatable bonds is 9. The average Bonchev–Trinajstić information content (AvgIpc) is 2.60. The van der Waals surface area contributed by atoms with Crippen LogP contribution in [0, 0.1) is 5.82 Å². The van der Waals surface area contributed by atoms with E-state index in [-0.39, 0.29) is 19.0 Å². The van der Waals surface area contributed by atoms with Crippen molar-refractivity contribution < 1.29 is 28.5 Å². The van der Waals surface area contributed by atoms with Gasteiger partial charge >= 0.3 is 5.97 Å². The summed E-state index contributed by atoms with van der Waals surface area (Å²) in [5.74, 6) is 0.288. The van der Waals surface area contributed by atoms with Crippen molar-refractivity contribution >= 4 is 12.0 Å². The normalized spacial score (nSPS) is 10.6. The maximum absolute atomic E-state index is 12.8. The highest BCUT2D eigenvalue weighted by molar-refractivity contribution is 5.85. The second-order valence-electron chi connectivity index (χ2n) is 4.96. The van der Waals surface area contributed by atoms with Gasteiger partial charge in [0.15, 0.2) is 11.5 Å². The molecule has 1 N–H and O–H groups in total. The first-order valence-corrected chi connectivity index (χ1v) is 7.77. The average molecular weight is 346 g/mol. The topological polar surface area (TPSA) is 65.0 Å². The fourth-order valence-electron chi connectivity index (χ4n) is 2.03. The molecule has 0 aliphatic rings. The van der Waals surface area contributed by atoms with Crippen molar-refractivity contribution in [3.05, 3.63) is 59.9 Å². The van der Waals surface area contributed by atoms with Gasteiger partial charge in [0, 0.05) is 6.08 Å². The van der Waals surface area contributed by atoms with Gasteiger partial charge in [0.1, 0.15) is 24.8 Å². The summed E-state index contributed by atoms with van der Waals surface area (Å²) in [6.07, 6.45) is 2.54. The predicted molar refractivity (Wildman–Crippen MR) is 91.7 cm³/mol. The molecule has 0 aromatic heterocycles. The SMILES string of the molecule is CCOc1cc(/C=C/C(=O)O)ccc1OCCOc1ccc(F)cc1. The molecule has 25 heavy (non-hydrogen) atoms. The highest BCUT2D eigenvalue weighted by atomic mass is 19.1. The maximum atomic E-state index is 12.8. The molecule has 6 heteroatoms. The van der Waals surface area contributed by atoms with Gasteiger partial charge in [-0.25, -0.2) is 9.18 Å². The number of hydrogen-bond acceptors (Lipinski definition) is 4. The van der Waals surface area contributed by atoms with Gasteiger partial charge in [0.2, 0.25) is 0 Å². The van der Waals surface area contributed by atoms with Gasteiger partial charge in [-0.1, -0.05) is 6.07 Å².